The van der Waals surface area contributed by atoms with Crippen molar-refractivity contribution in [2.75, 3.05) is 11.4 Å². The summed E-state index contributed by atoms with van der Waals surface area (Å²) in [6, 6.07) is 12.8. The lowest BCUT2D eigenvalue weighted by Gasteiger charge is -2.27. The molecule has 0 saturated heterocycles. The molecule has 3 nitrogen and oxygen atoms in total. The number of carboxylic acid groups (broad SMARTS) is 1. The number of halogens is 2. The van der Waals surface area contributed by atoms with E-state index >= 15 is 0 Å². The van der Waals surface area contributed by atoms with Gasteiger partial charge in [0.25, 0.3) is 0 Å². The Balaban J connectivity index is 2.50. The number of nitrogens with zero attached hydrogens (tertiary/aromatic N) is 1. The molecule has 0 saturated carbocycles. The van der Waals surface area contributed by atoms with E-state index in [1.54, 1.807) is 18.2 Å². The van der Waals surface area contributed by atoms with Crippen molar-refractivity contribution in [2.24, 2.45) is 0 Å². The fourth-order valence-corrected chi connectivity index (χ4v) is 3.21. The van der Waals surface area contributed by atoms with Gasteiger partial charge >= 0.3 is 5.97 Å². The number of allylic oxidation sites excluding steroid dienone is 1. The van der Waals surface area contributed by atoms with Crippen LogP contribution >= 0.6 is 23.2 Å². The van der Waals surface area contributed by atoms with E-state index in [4.69, 9.17) is 23.2 Å². The second-order valence-electron chi connectivity index (χ2n) is 5.64. The standard InChI is InChI=1S/C20H21Cl2NO2/c1-2-3-4-7-13-23(20-16(21)10-8-11-17(20)22)18-12-6-5-9-15(18)14-19(24)25/h4-12H,2-3,13-14H2,1H3,(H,24,25). The van der Waals surface area contributed by atoms with Crippen LogP contribution < -0.4 is 4.90 Å². The third-order valence-corrected chi connectivity index (χ3v) is 4.35. The Morgan fingerprint density at radius 1 is 1.08 bits per heavy atom. The maximum atomic E-state index is 11.2. The highest BCUT2D eigenvalue weighted by Crippen LogP contribution is 2.39. The van der Waals surface area contributed by atoms with Gasteiger partial charge in [0.05, 0.1) is 22.2 Å². The molecular formula is C20H21Cl2NO2. The Morgan fingerprint density at radius 2 is 1.76 bits per heavy atom. The van der Waals surface area contributed by atoms with Gasteiger partial charge in [0.1, 0.15) is 0 Å². The van der Waals surface area contributed by atoms with Crippen molar-refractivity contribution in [1.29, 1.82) is 0 Å². The molecule has 0 spiro atoms. The minimum Gasteiger partial charge on any atom is -0.481 e. The Hall–Kier alpha value is -1.97. The van der Waals surface area contributed by atoms with Gasteiger partial charge in [-0.2, -0.15) is 0 Å². The quantitative estimate of drug-likeness (QED) is 0.563. The van der Waals surface area contributed by atoms with E-state index in [0.29, 0.717) is 22.3 Å². The minimum atomic E-state index is -0.876. The molecule has 132 valence electrons. The molecule has 0 radical (unpaired) electrons. The molecule has 0 unspecified atom stereocenters. The molecule has 5 heteroatoms. The largest absolute Gasteiger partial charge is 0.481 e. The summed E-state index contributed by atoms with van der Waals surface area (Å²) < 4.78 is 0. The summed E-state index contributed by atoms with van der Waals surface area (Å²) in [5.41, 5.74) is 2.20. The van der Waals surface area contributed by atoms with Crippen LogP contribution in [0.15, 0.2) is 54.6 Å². The molecule has 0 aliphatic rings. The number of rotatable bonds is 8. The van der Waals surface area contributed by atoms with Gasteiger partial charge in [-0.1, -0.05) is 73.0 Å². The van der Waals surface area contributed by atoms with Crippen LogP contribution in [0.5, 0.6) is 0 Å². The van der Waals surface area contributed by atoms with Crippen molar-refractivity contribution in [3.63, 3.8) is 0 Å². The minimum absolute atomic E-state index is 0.0621. The first kappa shape index (κ1) is 19.4. The molecule has 0 aromatic heterocycles. The van der Waals surface area contributed by atoms with Crippen LogP contribution in [0.4, 0.5) is 11.4 Å². The van der Waals surface area contributed by atoms with E-state index in [0.717, 1.165) is 24.1 Å². The number of benzene rings is 2. The van der Waals surface area contributed by atoms with Gasteiger partial charge in [0.15, 0.2) is 0 Å². The van der Waals surface area contributed by atoms with Crippen molar-refractivity contribution in [3.05, 3.63) is 70.2 Å². The first-order valence-electron chi connectivity index (χ1n) is 8.20. The third kappa shape index (κ3) is 5.25. The van der Waals surface area contributed by atoms with E-state index in [2.05, 4.69) is 19.1 Å². The van der Waals surface area contributed by atoms with Gasteiger partial charge in [-0.05, 0) is 30.2 Å². The number of carboxylic acids is 1. The van der Waals surface area contributed by atoms with Crippen LogP contribution in [-0.4, -0.2) is 17.6 Å². The number of unbranched alkanes of at least 4 members (excludes halogenated alkanes) is 1. The van der Waals surface area contributed by atoms with Crippen molar-refractivity contribution in [3.8, 4) is 0 Å². The van der Waals surface area contributed by atoms with E-state index in [9.17, 15) is 9.90 Å². The van der Waals surface area contributed by atoms with Crippen molar-refractivity contribution >= 4 is 40.5 Å². The summed E-state index contributed by atoms with van der Waals surface area (Å²) in [5, 5.41) is 10.3. The summed E-state index contributed by atoms with van der Waals surface area (Å²) in [4.78, 5) is 13.2. The molecule has 0 aliphatic heterocycles. The smallest absolute Gasteiger partial charge is 0.307 e. The lowest BCUT2D eigenvalue weighted by molar-refractivity contribution is -0.136. The number of anilines is 2. The molecule has 2 rings (SSSR count). The van der Waals surface area contributed by atoms with E-state index in [-0.39, 0.29) is 6.42 Å². The Bertz CT molecular complexity index is 739. The van der Waals surface area contributed by atoms with Gasteiger partial charge in [-0.15, -0.1) is 0 Å². The maximum absolute atomic E-state index is 11.2. The van der Waals surface area contributed by atoms with E-state index in [1.807, 2.05) is 29.2 Å². The van der Waals surface area contributed by atoms with Crippen molar-refractivity contribution in [1.82, 2.24) is 0 Å². The number of para-hydroxylation sites is 2. The average Bonchev–Trinajstić information content (AvgIpc) is 2.57. The molecule has 0 atom stereocenters. The van der Waals surface area contributed by atoms with E-state index < -0.39 is 5.97 Å². The van der Waals surface area contributed by atoms with Gasteiger partial charge in [0, 0.05) is 12.2 Å². The third-order valence-electron chi connectivity index (χ3n) is 3.74. The summed E-state index contributed by atoms with van der Waals surface area (Å²) in [7, 11) is 0. The highest BCUT2D eigenvalue weighted by molar-refractivity contribution is 6.39. The van der Waals surface area contributed by atoms with Crippen LogP contribution in [0.2, 0.25) is 10.0 Å². The molecular weight excluding hydrogens is 357 g/mol. The zero-order chi connectivity index (χ0) is 18.2. The van der Waals surface area contributed by atoms with Crippen LogP contribution in [0.25, 0.3) is 0 Å². The van der Waals surface area contributed by atoms with Crippen LogP contribution in [-0.2, 0) is 11.2 Å². The highest BCUT2D eigenvalue weighted by Gasteiger charge is 2.18. The summed E-state index contributed by atoms with van der Waals surface area (Å²) in [6.45, 7) is 2.68. The lowest BCUT2D eigenvalue weighted by atomic mass is 10.1. The van der Waals surface area contributed by atoms with Crippen LogP contribution in [0.3, 0.4) is 0 Å². The summed E-state index contributed by atoms with van der Waals surface area (Å²) in [5.74, 6) is -0.876. The molecule has 0 bridgehead atoms. The molecule has 1 N–H and O–H groups in total. The Morgan fingerprint density at radius 3 is 2.40 bits per heavy atom. The lowest BCUT2D eigenvalue weighted by Crippen LogP contribution is -2.20. The maximum Gasteiger partial charge on any atom is 0.307 e. The van der Waals surface area contributed by atoms with Gasteiger partial charge in [-0.25, -0.2) is 0 Å². The number of aliphatic carboxylic acids is 1. The number of hydrogen-bond donors (Lipinski definition) is 1. The Kier molecular flexibility index (Phi) is 7.35. The summed E-state index contributed by atoms with van der Waals surface area (Å²) in [6.07, 6.45) is 6.16. The molecule has 0 fully saturated rings. The fraction of sp³-hybridized carbons (Fsp3) is 0.250. The molecule has 0 aliphatic carbocycles. The number of carbonyl (C=O) groups is 1. The molecule has 0 amide bonds. The van der Waals surface area contributed by atoms with Crippen LogP contribution in [0, 0.1) is 0 Å². The first-order valence-corrected chi connectivity index (χ1v) is 8.96. The average molecular weight is 378 g/mol. The first-order chi connectivity index (χ1) is 12.0. The van der Waals surface area contributed by atoms with E-state index in [1.165, 1.54) is 0 Å². The summed E-state index contributed by atoms with van der Waals surface area (Å²) >= 11 is 12.8. The van der Waals surface area contributed by atoms with Gasteiger partial charge in [-0.3, -0.25) is 4.79 Å². The highest BCUT2D eigenvalue weighted by atomic mass is 35.5. The molecule has 0 heterocycles. The topological polar surface area (TPSA) is 40.5 Å². The second kappa shape index (κ2) is 9.50. The molecule has 25 heavy (non-hydrogen) atoms. The van der Waals surface area contributed by atoms with Gasteiger partial charge < -0.3 is 10.0 Å². The monoisotopic (exact) mass is 377 g/mol. The normalized spacial score (nSPS) is 11.0. The molecule has 2 aromatic rings. The predicted molar refractivity (Wildman–Crippen MR) is 105 cm³/mol. The zero-order valence-corrected chi connectivity index (χ0v) is 15.6. The predicted octanol–water partition coefficient (Wildman–Crippen LogP) is 6.11. The van der Waals surface area contributed by atoms with Crippen molar-refractivity contribution < 1.29 is 9.90 Å². The number of hydrogen-bond acceptors (Lipinski definition) is 2. The van der Waals surface area contributed by atoms with Crippen LogP contribution in [0.1, 0.15) is 25.3 Å². The fourth-order valence-electron chi connectivity index (χ4n) is 2.61. The Labute approximate surface area is 158 Å². The van der Waals surface area contributed by atoms with Crippen molar-refractivity contribution in [2.45, 2.75) is 26.2 Å². The SMILES string of the molecule is CCCC=CCN(c1ccccc1CC(=O)O)c1c(Cl)cccc1Cl. The van der Waals surface area contributed by atoms with Gasteiger partial charge in [0.2, 0.25) is 0 Å². The second-order valence-corrected chi connectivity index (χ2v) is 6.45. The molecule has 2 aromatic carbocycles. The zero-order valence-electron chi connectivity index (χ0n) is 14.1.